The minimum absolute atomic E-state index is 0.105. The topological polar surface area (TPSA) is 44.8 Å². The maximum absolute atomic E-state index is 15.1. The van der Waals surface area contributed by atoms with Gasteiger partial charge in [-0.15, -0.1) is 11.3 Å². The second-order valence-electron chi connectivity index (χ2n) is 6.72. The van der Waals surface area contributed by atoms with Gasteiger partial charge in [0.2, 0.25) is 0 Å². The molecule has 0 saturated heterocycles. The van der Waals surface area contributed by atoms with E-state index < -0.39 is 25.6 Å². The van der Waals surface area contributed by atoms with Gasteiger partial charge in [-0.2, -0.15) is 8.78 Å². The van der Waals surface area contributed by atoms with E-state index in [4.69, 9.17) is 25.4 Å². The van der Waals surface area contributed by atoms with E-state index in [9.17, 15) is 4.79 Å². The number of carbonyl (C=O) groups excluding carboxylic acids is 1. The van der Waals surface area contributed by atoms with Gasteiger partial charge in [-0.3, -0.25) is 0 Å². The second-order valence-corrected chi connectivity index (χ2v) is 10.5. The van der Waals surface area contributed by atoms with E-state index >= 15 is 8.78 Å². The van der Waals surface area contributed by atoms with Gasteiger partial charge in [-0.05, 0) is 62.7 Å². The van der Waals surface area contributed by atoms with Crippen molar-refractivity contribution in [2.75, 3.05) is 13.2 Å². The number of thiophene rings is 1. The SMILES string of the molecule is CCOP(OCC)C(F)(F)c1sc2c(Cl)cc(C(=O)OC(C)(C)C)cc2c1Br. The van der Waals surface area contributed by atoms with E-state index in [-0.39, 0.29) is 33.1 Å². The number of esters is 1. The van der Waals surface area contributed by atoms with Gasteiger partial charge in [-0.25, -0.2) is 4.79 Å². The van der Waals surface area contributed by atoms with Crippen LogP contribution in [0.3, 0.4) is 0 Å². The van der Waals surface area contributed by atoms with Crippen molar-refractivity contribution < 1.29 is 27.4 Å². The van der Waals surface area contributed by atoms with Gasteiger partial charge in [0.25, 0.3) is 8.38 Å². The quantitative estimate of drug-likeness (QED) is 0.279. The molecule has 0 unspecified atom stereocenters. The minimum atomic E-state index is -3.35. The molecular formula is C18H21BrClF2O4PS. The zero-order valence-corrected chi connectivity index (χ0v) is 20.1. The molecule has 0 bridgehead atoms. The molecule has 28 heavy (non-hydrogen) atoms. The molecule has 1 aromatic heterocycles. The molecule has 0 amide bonds. The maximum atomic E-state index is 15.1. The van der Waals surface area contributed by atoms with E-state index in [1.165, 1.54) is 12.1 Å². The third-order valence-electron chi connectivity index (χ3n) is 3.31. The van der Waals surface area contributed by atoms with E-state index in [1.54, 1.807) is 34.6 Å². The number of fused-ring (bicyclic) bond motifs is 1. The minimum Gasteiger partial charge on any atom is -0.456 e. The lowest BCUT2D eigenvalue weighted by atomic mass is 10.1. The molecule has 156 valence electrons. The van der Waals surface area contributed by atoms with Crippen LogP contribution in [0.2, 0.25) is 5.02 Å². The first-order valence-corrected chi connectivity index (χ1v) is 11.7. The second kappa shape index (κ2) is 9.19. The molecule has 0 fully saturated rings. The Morgan fingerprint density at radius 2 is 1.79 bits per heavy atom. The molecule has 1 heterocycles. The predicted molar refractivity (Wildman–Crippen MR) is 114 cm³/mol. The van der Waals surface area contributed by atoms with Crippen LogP contribution >= 0.6 is 47.2 Å². The summed E-state index contributed by atoms with van der Waals surface area (Å²) in [5, 5.41) is 0.610. The smallest absolute Gasteiger partial charge is 0.349 e. The summed E-state index contributed by atoms with van der Waals surface area (Å²) in [4.78, 5) is 12.1. The first-order chi connectivity index (χ1) is 12.9. The Balaban J connectivity index is 2.55. The first kappa shape index (κ1) is 23.9. The molecule has 2 aromatic rings. The van der Waals surface area contributed by atoms with Crippen LogP contribution in [-0.2, 0) is 19.4 Å². The molecule has 1 aromatic carbocycles. The highest BCUT2D eigenvalue weighted by molar-refractivity contribution is 9.10. The fourth-order valence-electron chi connectivity index (χ4n) is 2.29. The molecule has 0 aliphatic rings. The molecule has 0 aliphatic heterocycles. The van der Waals surface area contributed by atoms with E-state index in [0.717, 1.165) is 11.3 Å². The van der Waals surface area contributed by atoms with E-state index in [0.29, 0.717) is 10.1 Å². The molecule has 10 heteroatoms. The van der Waals surface area contributed by atoms with Gasteiger partial charge >= 0.3 is 11.6 Å². The summed E-state index contributed by atoms with van der Waals surface area (Å²) < 4.78 is 46.6. The standard InChI is InChI=1S/C18H21BrClF2O4PS/c1-6-24-27(25-7-2)18(21,22)15-13(19)11-8-10(9-12(20)14(11)28-15)16(23)26-17(3,4)5/h8-9H,6-7H2,1-5H3. The van der Waals surface area contributed by atoms with Gasteiger partial charge < -0.3 is 13.8 Å². The molecule has 4 nitrogen and oxygen atoms in total. The summed E-state index contributed by atoms with van der Waals surface area (Å²) in [5.41, 5.74) is -3.84. The van der Waals surface area contributed by atoms with Crippen LogP contribution in [0.1, 0.15) is 49.9 Å². The van der Waals surface area contributed by atoms with E-state index in [2.05, 4.69) is 15.9 Å². The number of rotatable bonds is 7. The fourth-order valence-corrected chi connectivity index (χ4v) is 6.18. The van der Waals surface area contributed by atoms with Gasteiger partial charge in [0.05, 0.1) is 33.4 Å². The summed E-state index contributed by atoms with van der Waals surface area (Å²) in [6, 6.07) is 2.93. The Morgan fingerprint density at radius 1 is 1.21 bits per heavy atom. The van der Waals surface area contributed by atoms with Crippen molar-refractivity contribution >= 4 is 63.3 Å². The monoisotopic (exact) mass is 516 g/mol. The van der Waals surface area contributed by atoms with Crippen LogP contribution < -0.4 is 0 Å². The van der Waals surface area contributed by atoms with Crippen molar-refractivity contribution in [3.8, 4) is 0 Å². The van der Waals surface area contributed by atoms with Crippen molar-refractivity contribution in [3.05, 3.63) is 32.1 Å². The molecule has 0 saturated carbocycles. The normalized spacial score (nSPS) is 12.8. The molecular weight excluding hydrogens is 497 g/mol. The number of halogens is 4. The summed E-state index contributed by atoms with van der Waals surface area (Å²) in [6.45, 7) is 8.71. The lowest BCUT2D eigenvalue weighted by molar-refractivity contribution is 0.00696. The van der Waals surface area contributed by atoms with Crippen LogP contribution in [0.15, 0.2) is 16.6 Å². The average molecular weight is 518 g/mol. The zero-order chi connectivity index (χ0) is 21.3. The zero-order valence-electron chi connectivity index (χ0n) is 16.1. The highest BCUT2D eigenvalue weighted by Gasteiger charge is 2.48. The molecule has 0 spiro atoms. The van der Waals surface area contributed by atoms with Crippen LogP contribution in [0, 0.1) is 0 Å². The van der Waals surface area contributed by atoms with Crippen LogP contribution in [-0.4, -0.2) is 24.8 Å². The fraction of sp³-hybridized carbons (Fsp3) is 0.500. The lowest BCUT2D eigenvalue weighted by Crippen LogP contribution is -2.23. The number of alkyl halides is 2. The molecule has 0 atom stereocenters. The molecule has 2 rings (SSSR count). The number of hydrogen-bond donors (Lipinski definition) is 0. The molecule has 0 radical (unpaired) electrons. The third kappa shape index (κ3) is 5.21. The Morgan fingerprint density at radius 3 is 2.29 bits per heavy atom. The summed E-state index contributed by atoms with van der Waals surface area (Å²) in [7, 11) is -2.47. The lowest BCUT2D eigenvalue weighted by Gasteiger charge is -2.24. The number of ether oxygens (including phenoxy) is 1. The van der Waals surface area contributed by atoms with E-state index in [1.807, 2.05) is 0 Å². The summed E-state index contributed by atoms with van der Waals surface area (Å²) >= 11 is 10.4. The summed E-state index contributed by atoms with van der Waals surface area (Å²) in [5.74, 6) is -0.575. The Labute approximate surface area is 181 Å². The number of benzene rings is 1. The van der Waals surface area contributed by atoms with Crippen molar-refractivity contribution in [1.82, 2.24) is 0 Å². The Bertz CT molecular complexity index is 863. The largest absolute Gasteiger partial charge is 0.456 e. The first-order valence-electron chi connectivity index (χ1n) is 8.51. The maximum Gasteiger partial charge on any atom is 0.349 e. The number of hydrogen-bond acceptors (Lipinski definition) is 5. The van der Waals surface area contributed by atoms with Crippen molar-refractivity contribution in [3.63, 3.8) is 0 Å². The van der Waals surface area contributed by atoms with Crippen molar-refractivity contribution in [2.45, 2.75) is 45.9 Å². The Kier molecular flexibility index (Phi) is 7.85. The van der Waals surface area contributed by atoms with Gasteiger partial charge in [0.15, 0.2) is 0 Å². The molecule has 0 N–H and O–H groups in total. The Hall–Kier alpha value is -0.370. The molecule has 0 aliphatic carbocycles. The predicted octanol–water partition coefficient (Wildman–Crippen LogP) is 7.71. The van der Waals surface area contributed by atoms with Gasteiger partial charge in [0, 0.05) is 9.86 Å². The van der Waals surface area contributed by atoms with Crippen LogP contribution in [0.25, 0.3) is 10.1 Å². The number of carbonyl (C=O) groups is 1. The van der Waals surface area contributed by atoms with Gasteiger partial charge in [0.1, 0.15) is 5.60 Å². The van der Waals surface area contributed by atoms with Crippen molar-refractivity contribution in [2.24, 2.45) is 0 Å². The van der Waals surface area contributed by atoms with Gasteiger partial charge in [-0.1, -0.05) is 11.6 Å². The van der Waals surface area contributed by atoms with Crippen molar-refractivity contribution in [1.29, 1.82) is 0 Å². The third-order valence-corrected chi connectivity index (χ3v) is 7.94. The highest BCUT2D eigenvalue weighted by Crippen LogP contribution is 2.63. The van der Waals surface area contributed by atoms with Crippen LogP contribution in [0.5, 0.6) is 0 Å². The summed E-state index contributed by atoms with van der Waals surface area (Å²) in [6.07, 6.45) is 0. The average Bonchev–Trinajstić information content (AvgIpc) is 2.91. The van der Waals surface area contributed by atoms with Crippen LogP contribution in [0.4, 0.5) is 8.78 Å². The highest BCUT2D eigenvalue weighted by atomic mass is 79.9.